The van der Waals surface area contributed by atoms with Crippen LogP contribution in [0.25, 0.3) is 0 Å². The lowest BCUT2D eigenvalue weighted by Gasteiger charge is -2.46. The van der Waals surface area contributed by atoms with E-state index >= 15 is 0 Å². The minimum absolute atomic E-state index is 0.137. The Balaban J connectivity index is 1.36. The van der Waals surface area contributed by atoms with E-state index in [2.05, 4.69) is 15.3 Å². The number of carbonyl (C=O) groups is 1. The number of rotatable bonds is 3. The number of anilines is 1. The number of hydrogen-bond donors (Lipinski definition) is 1. The lowest BCUT2D eigenvalue weighted by molar-refractivity contribution is 0.0255. The zero-order valence-electron chi connectivity index (χ0n) is 13.7. The second-order valence-electron chi connectivity index (χ2n) is 6.52. The van der Waals surface area contributed by atoms with Crippen LogP contribution in [0.5, 0.6) is 11.8 Å². The Morgan fingerprint density at radius 1 is 1.27 bits per heavy atom. The minimum atomic E-state index is -0.145. The van der Waals surface area contributed by atoms with E-state index in [4.69, 9.17) is 32.7 Å². The molecule has 26 heavy (non-hydrogen) atoms. The molecule has 0 saturated carbocycles. The third kappa shape index (κ3) is 3.56. The third-order valence-electron chi connectivity index (χ3n) is 4.51. The molecule has 2 fully saturated rings. The highest BCUT2D eigenvalue weighted by Gasteiger charge is 2.47. The summed E-state index contributed by atoms with van der Waals surface area (Å²) in [4.78, 5) is 22.0. The fourth-order valence-corrected chi connectivity index (χ4v) is 3.44. The number of hydrogen-bond acceptors (Lipinski definition) is 5. The number of carbonyl (C=O) groups excluding carboxylic acids is 1. The molecule has 0 atom stereocenters. The molecule has 3 heterocycles. The summed E-state index contributed by atoms with van der Waals surface area (Å²) in [6.07, 6.45) is 3.88. The summed E-state index contributed by atoms with van der Waals surface area (Å²) in [5, 5.41) is 3.60. The maximum atomic E-state index is 12.3. The molecular weight excluding hydrogens is 379 g/mol. The van der Waals surface area contributed by atoms with Gasteiger partial charge in [-0.1, -0.05) is 23.2 Å². The van der Waals surface area contributed by atoms with E-state index in [9.17, 15) is 4.79 Å². The summed E-state index contributed by atoms with van der Waals surface area (Å²) in [5.41, 5.74) is 0.749. The van der Waals surface area contributed by atoms with Crippen molar-refractivity contribution in [1.82, 2.24) is 14.9 Å². The number of benzene rings is 1. The van der Waals surface area contributed by atoms with Gasteiger partial charge in [-0.3, -0.25) is 0 Å². The second-order valence-corrected chi connectivity index (χ2v) is 7.36. The van der Waals surface area contributed by atoms with Crippen LogP contribution in [-0.2, 0) is 4.74 Å². The Bertz CT molecular complexity index is 817. The maximum Gasteiger partial charge on any atom is 0.322 e. The van der Waals surface area contributed by atoms with Crippen molar-refractivity contribution < 1.29 is 14.3 Å². The highest BCUT2D eigenvalue weighted by Crippen LogP contribution is 2.38. The normalized spacial score (nSPS) is 17.8. The van der Waals surface area contributed by atoms with Gasteiger partial charge in [0, 0.05) is 30.8 Å². The monoisotopic (exact) mass is 394 g/mol. The molecule has 2 aliphatic heterocycles. The van der Waals surface area contributed by atoms with E-state index in [1.165, 1.54) is 12.4 Å². The van der Waals surface area contributed by atoms with Gasteiger partial charge >= 0.3 is 12.0 Å². The van der Waals surface area contributed by atoms with Crippen LogP contribution >= 0.6 is 23.2 Å². The Hall–Kier alpha value is -2.09. The zero-order chi connectivity index (χ0) is 18.1. The fraction of sp³-hybridized carbons (Fsp3) is 0.353. The standard InChI is InChI=1S/C17H16Cl2N4O3/c18-11-6-20-15(21-7-11)26-14-2-1-12(5-13(14)19)22-16(24)23-8-17(9-23)3-4-25-10-17/h1-2,5-7H,3-4,8-10H2,(H,22,24). The molecule has 1 aromatic carbocycles. The number of amides is 2. The number of nitrogens with zero attached hydrogens (tertiary/aromatic N) is 3. The molecule has 2 aromatic rings. The number of ether oxygens (including phenoxy) is 2. The van der Waals surface area contributed by atoms with E-state index in [0.717, 1.165) is 32.7 Å². The van der Waals surface area contributed by atoms with E-state index in [-0.39, 0.29) is 17.5 Å². The SMILES string of the molecule is O=C(Nc1ccc(Oc2ncc(Cl)cn2)c(Cl)c1)N1CC2(CCOC2)C1. The molecule has 2 aliphatic rings. The first-order valence-electron chi connectivity index (χ1n) is 8.12. The van der Waals surface area contributed by atoms with Crippen LogP contribution in [0.3, 0.4) is 0 Å². The molecule has 0 unspecified atom stereocenters. The minimum Gasteiger partial charge on any atom is -0.423 e. The first kappa shape index (κ1) is 17.3. The Morgan fingerprint density at radius 3 is 2.69 bits per heavy atom. The molecule has 0 radical (unpaired) electrons. The van der Waals surface area contributed by atoms with Gasteiger partial charge in [-0.15, -0.1) is 0 Å². The smallest absolute Gasteiger partial charge is 0.322 e. The van der Waals surface area contributed by atoms with Gasteiger partial charge in [-0.05, 0) is 24.6 Å². The van der Waals surface area contributed by atoms with E-state index in [1.807, 2.05) is 0 Å². The molecule has 1 aromatic heterocycles. The van der Waals surface area contributed by atoms with Crippen molar-refractivity contribution in [2.24, 2.45) is 5.41 Å². The number of halogens is 2. The van der Waals surface area contributed by atoms with Crippen molar-refractivity contribution in [1.29, 1.82) is 0 Å². The molecule has 136 valence electrons. The van der Waals surface area contributed by atoms with Gasteiger partial charge in [0.15, 0.2) is 0 Å². The quantitative estimate of drug-likeness (QED) is 0.855. The molecule has 4 rings (SSSR count). The van der Waals surface area contributed by atoms with E-state index in [0.29, 0.717) is 21.5 Å². The van der Waals surface area contributed by atoms with Crippen molar-refractivity contribution in [3.05, 3.63) is 40.6 Å². The topological polar surface area (TPSA) is 76.6 Å². The molecule has 7 nitrogen and oxygen atoms in total. The van der Waals surface area contributed by atoms with Gasteiger partial charge in [0.05, 0.1) is 29.0 Å². The molecule has 0 aliphatic carbocycles. The Labute approximate surface area is 160 Å². The van der Waals surface area contributed by atoms with Gasteiger partial charge in [-0.2, -0.15) is 0 Å². The van der Waals surface area contributed by atoms with Gasteiger partial charge in [-0.25, -0.2) is 14.8 Å². The third-order valence-corrected chi connectivity index (χ3v) is 5.00. The average molecular weight is 395 g/mol. The molecule has 1 spiro atoms. The molecular formula is C17H16Cl2N4O3. The Kier molecular flexibility index (Phi) is 4.60. The summed E-state index contributed by atoms with van der Waals surface area (Å²) >= 11 is 12.0. The average Bonchev–Trinajstić information content (AvgIpc) is 3.08. The van der Waals surface area contributed by atoms with E-state index in [1.54, 1.807) is 23.1 Å². The van der Waals surface area contributed by atoms with Crippen LogP contribution < -0.4 is 10.1 Å². The van der Waals surface area contributed by atoms with Gasteiger partial charge < -0.3 is 19.7 Å². The lowest BCUT2D eigenvalue weighted by Crippen LogP contribution is -2.59. The van der Waals surface area contributed by atoms with Gasteiger partial charge in [0.1, 0.15) is 5.75 Å². The van der Waals surface area contributed by atoms with Crippen molar-refractivity contribution in [2.75, 3.05) is 31.6 Å². The van der Waals surface area contributed by atoms with Crippen molar-refractivity contribution in [3.8, 4) is 11.8 Å². The first-order chi connectivity index (χ1) is 12.5. The number of urea groups is 1. The molecule has 2 saturated heterocycles. The predicted molar refractivity (Wildman–Crippen MR) is 97.0 cm³/mol. The molecule has 0 bridgehead atoms. The summed E-state index contributed by atoms with van der Waals surface area (Å²) in [5.74, 6) is 0.387. The number of likely N-dealkylation sites (tertiary alicyclic amines) is 1. The fourth-order valence-electron chi connectivity index (χ4n) is 3.12. The van der Waals surface area contributed by atoms with Crippen LogP contribution in [0.4, 0.5) is 10.5 Å². The number of nitrogens with one attached hydrogen (secondary N) is 1. The van der Waals surface area contributed by atoms with E-state index < -0.39 is 0 Å². The summed E-state index contributed by atoms with van der Waals surface area (Å²) in [6, 6.07) is 4.98. The molecule has 2 amide bonds. The number of aromatic nitrogens is 2. The van der Waals surface area contributed by atoms with Gasteiger partial charge in [0.2, 0.25) is 0 Å². The van der Waals surface area contributed by atoms with Crippen LogP contribution in [0.1, 0.15) is 6.42 Å². The predicted octanol–water partition coefficient (Wildman–Crippen LogP) is 3.83. The largest absolute Gasteiger partial charge is 0.423 e. The highest BCUT2D eigenvalue weighted by molar-refractivity contribution is 6.32. The summed E-state index contributed by atoms with van der Waals surface area (Å²) < 4.78 is 10.9. The van der Waals surface area contributed by atoms with Gasteiger partial charge in [0.25, 0.3) is 0 Å². The van der Waals surface area contributed by atoms with Crippen molar-refractivity contribution in [3.63, 3.8) is 0 Å². The van der Waals surface area contributed by atoms with Crippen LogP contribution in [-0.4, -0.2) is 47.2 Å². The second kappa shape index (κ2) is 6.90. The highest BCUT2D eigenvalue weighted by atomic mass is 35.5. The zero-order valence-corrected chi connectivity index (χ0v) is 15.3. The van der Waals surface area contributed by atoms with Crippen LogP contribution in [0.15, 0.2) is 30.6 Å². The Morgan fingerprint density at radius 2 is 2.04 bits per heavy atom. The molecule has 1 N–H and O–H groups in total. The molecule has 9 heteroatoms. The first-order valence-corrected chi connectivity index (χ1v) is 8.87. The maximum absolute atomic E-state index is 12.3. The van der Waals surface area contributed by atoms with Crippen LogP contribution in [0.2, 0.25) is 10.0 Å². The summed E-state index contributed by atoms with van der Waals surface area (Å²) in [7, 11) is 0. The van der Waals surface area contributed by atoms with Crippen LogP contribution in [0, 0.1) is 5.41 Å². The lowest BCUT2D eigenvalue weighted by atomic mass is 9.79. The van der Waals surface area contributed by atoms with Crippen molar-refractivity contribution in [2.45, 2.75) is 6.42 Å². The summed E-state index contributed by atoms with van der Waals surface area (Å²) in [6.45, 7) is 2.97. The van der Waals surface area contributed by atoms with Crippen molar-refractivity contribution >= 4 is 34.9 Å².